The first-order valence-corrected chi connectivity index (χ1v) is 17.6. The second-order valence-electron chi connectivity index (χ2n) is 16.7. The summed E-state index contributed by atoms with van der Waals surface area (Å²) in [5.41, 5.74) is 5.91. The number of hydrogen-bond donors (Lipinski definition) is 3. The van der Waals surface area contributed by atoms with E-state index in [0.29, 0.717) is 30.6 Å². The van der Waals surface area contributed by atoms with Gasteiger partial charge in [-0.3, -0.25) is 19.8 Å². The number of carbonyl (C=O) groups excluding carboxylic acids is 3. The highest BCUT2D eigenvalue weighted by atomic mass is 16.5. The zero-order chi connectivity index (χ0) is 34.7. The van der Waals surface area contributed by atoms with Gasteiger partial charge in [0, 0.05) is 63.7 Å². The number of H-pyrrole nitrogens is 2. The molecule has 1 spiro atoms. The van der Waals surface area contributed by atoms with Crippen LogP contribution in [0.5, 0.6) is 0 Å². The van der Waals surface area contributed by atoms with Gasteiger partial charge in [0.1, 0.15) is 5.69 Å². The summed E-state index contributed by atoms with van der Waals surface area (Å²) >= 11 is 0. The average molecular weight is 663 g/mol. The lowest BCUT2D eigenvalue weighted by molar-refractivity contribution is -0.120. The summed E-state index contributed by atoms with van der Waals surface area (Å²) in [6.07, 6.45) is 5.50. The summed E-state index contributed by atoms with van der Waals surface area (Å²) < 4.78 is 5.27. The molecule has 3 aliphatic carbocycles. The molecule has 2 aromatic heterocycles. The van der Waals surface area contributed by atoms with Crippen LogP contribution in [0.1, 0.15) is 119 Å². The number of allylic oxidation sites excluding steroid dienone is 4. The number of methoxy groups -OCH3 is 1. The smallest absolute Gasteiger partial charge is 0.356 e. The standard InChI is InChI=1S/C39H46N6O4/c1-21-28-33(43-41-21)40-24-17-36(2,3)19-26(46)29(24)39(28)15-13-23(14-16-39)45-25-18-37(4,5)20-27(47)30(25)38(6,22-11-9-8-10-12-22)31-32(35(48)49-7)42-44-34(31)45/h8-12,23H,13-20H2,1-7H3,(H,42,44)(H2,40,41,43). The van der Waals surface area contributed by atoms with E-state index >= 15 is 0 Å². The molecular formula is C39H46N6O4. The third kappa shape index (κ3) is 4.47. The Morgan fingerprint density at radius 1 is 0.857 bits per heavy atom. The molecule has 5 aliphatic rings. The first-order chi connectivity index (χ1) is 23.2. The van der Waals surface area contributed by atoms with Crippen molar-refractivity contribution < 1.29 is 19.1 Å². The third-order valence-electron chi connectivity index (χ3n) is 12.1. The number of rotatable bonds is 3. The van der Waals surface area contributed by atoms with Gasteiger partial charge in [0.25, 0.3) is 0 Å². The van der Waals surface area contributed by atoms with E-state index in [-0.39, 0.29) is 34.1 Å². The molecule has 1 fully saturated rings. The number of Topliss-reactive ketones (excluding diaryl/α,β-unsaturated/α-hetero) is 2. The van der Waals surface area contributed by atoms with Crippen LogP contribution in [0.2, 0.25) is 0 Å². The van der Waals surface area contributed by atoms with Crippen LogP contribution in [-0.4, -0.2) is 51.1 Å². The van der Waals surface area contributed by atoms with Crippen molar-refractivity contribution in [1.82, 2.24) is 20.4 Å². The van der Waals surface area contributed by atoms with Gasteiger partial charge >= 0.3 is 5.97 Å². The van der Waals surface area contributed by atoms with Gasteiger partial charge in [0.15, 0.2) is 23.2 Å². The quantitative estimate of drug-likeness (QED) is 0.257. The minimum absolute atomic E-state index is 0.00470. The predicted molar refractivity (Wildman–Crippen MR) is 186 cm³/mol. The fourth-order valence-corrected chi connectivity index (χ4v) is 10.2. The lowest BCUT2D eigenvalue weighted by Gasteiger charge is -2.53. The summed E-state index contributed by atoms with van der Waals surface area (Å²) in [7, 11) is 1.37. The topological polar surface area (TPSA) is 133 Å². The minimum Gasteiger partial charge on any atom is -0.464 e. The number of aromatic nitrogens is 4. The van der Waals surface area contributed by atoms with Crippen molar-refractivity contribution in [1.29, 1.82) is 0 Å². The maximum Gasteiger partial charge on any atom is 0.356 e. The van der Waals surface area contributed by atoms with Gasteiger partial charge in [0.2, 0.25) is 0 Å². The molecular weight excluding hydrogens is 616 g/mol. The number of nitrogens with one attached hydrogen (secondary N) is 3. The Kier molecular flexibility index (Phi) is 6.82. The van der Waals surface area contributed by atoms with Gasteiger partial charge in [-0.2, -0.15) is 10.2 Å². The van der Waals surface area contributed by atoms with Crippen molar-refractivity contribution in [2.45, 2.75) is 110 Å². The van der Waals surface area contributed by atoms with E-state index in [9.17, 15) is 14.4 Å². The van der Waals surface area contributed by atoms with Crippen LogP contribution in [0.15, 0.2) is 52.9 Å². The number of aryl methyl sites for hydroxylation is 1. The fraction of sp³-hybridized carbons (Fsp3) is 0.513. The van der Waals surface area contributed by atoms with Crippen LogP contribution in [0.25, 0.3) is 0 Å². The predicted octanol–water partition coefficient (Wildman–Crippen LogP) is 6.95. The van der Waals surface area contributed by atoms with Gasteiger partial charge < -0.3 is 15.0 Å². The Morgan fingerprint density at radius 2 is 1.51 bits per heavy atom. The lowest BCUT2D eigenvalue weighted by atomic mass is 9.57. The summed E-state index contributed by atoms with van der Waals surface area (Å²) in [5, 5.41) is 19.4. The molecule has 8 rings (SSSR count). The van der Waals surface area contributed by atoms with Gasteiger partial charge in [-0.15, -0.1) is 0 Å². The zero-order valence-corrected chi connectivity index (χ0v) is 29.6. The molecule has 1 atom stereocenters. The largest absolute Gasteiger partial charge is 0.464 e. The van der Waals surface area contributed by atoms with E-state index in [2.05, 4.69) is 67.1 Å². The van der Waals surface area contributed by atoms with Crippen molar-refractivity contribution in [3.8, 4) is 0 Å². The summed E-state index contributed by atoms with van der Waals surface area (Å²) in [6.45, 7) is 12.7. The summed E-state index contributed by atoms with van der Waals surface area (Å²) in [6, 6.07) is 9.98. The van der Waals surface area contributed by atoms with E-state index in [1.807, 2.05) is 30.3 Å². The second-order valence-corrected chi connectivity index (χ2v) is 16.7. The average Bonchev–Trinajstić information content (AvgIpc) is 3.65. The number of benzene rings is 1. The monoisotopic (exact) mass is 662 g/mol. The Bertz CT molecular complexity index is 1990. The van der Waals surface area contributed by atoms with Crippen molar-refractivity contribution in [2.24, 2.45) is 10.8 Å². The number of carbonyl (C=O) groups is 3. The van der Waals surface area contributed by atoms with Gasteiger partial charge in [-0.25, -0.2) is 4.79 Å². The number of ether oxygens (including phenoxy) is 1. The Labute approximate surface area is 287 Å². The molecule has 4 heterocycles. The van der Waals surface area contributed by atoms with Crippen molar-refractivity contribution in [3.63, 3.8) is 0 Å². The van der Waals surface area contributed by atoms with Gasteiger partial charge in [0.05, 0.1) is 12.5 Å². The highest BCUT2D eigenvalue weighted by Crippen LogP contribution is 2.60. The molecule has 256 valence electrons. The molecule has 0 saturated heterocycles. The lowest BCUT2D eigenvalue weighted by Crippen LogP contribution is -2.52. The third-order valence-corrected chi connectivity index (χ3v) is 12.1. The SMILES string of the molecule is COC(=O)c1[nH]nc2c1C(C)(c1ccccc1)C1=C(CC(C)(C)CC1=O)N2C1CCC2(CC1)C1=C(CC(C)(C)CC1=O)Nc1n[nH]c(C)c12. The van der Waals surface area contributed by atoms with Crippen LogP contribution in [0.3, 0.4) is 0 Å². The molecule has 3 aromatic rings. The second kappa shape index (κ2) is 10.5. The first kappa shape index (κ1) is 31.8. The molecule has 49 heavy (non-hydrogen) atoms. The Hall–Kier alpha value is -4.47. The van der Waals surface area contributed by atoms with Crippen molar-refractivity contribution in [2.75, 3.05) is 17.3 Å². The van der Waals surface area contributed by atoms with Crippen molar-refractivity contribution >= 4 is 29.2 Å². The molecule has 1 unspecified atom stereocenters. The first-order valence-electron chi connectivity index (χ1n) is 17.6. The summed E-state index contributed by atoms with van der Waals surface area (Å²) in [5.74, 6) is 1.32. The Morgan fingerprint density at radius 3 is 2.18 bits per heavy atom. The maximum atomic E-state index is 14.5. The number of nitrogens with zero attached hydrogens (tertiary/aromatic N) is 3. The number of esters is 1. The van der Waals surface area contributed by atoms with Crippen LogP contribution >= 0.6 is 0 Å². The van der Waals surface area contributed by atoms with Crippen molar-refractivity contribution in [3.05, 3.63) is 81.0 Å². The van der Waals surface area contributed by atoms with Crippen LogP contribution in [0.4, 0.5) is 11.6 Å². The van der Waals surface area contributed by atoms with Gasteiger partial charge in [-0.05, 0) is 68.8 Å². The van der Waals surface area contributed by atoms with Crippen LogP contribution in [0, 0.1) is 17.8 Å². The number of anilines is 2. The number of ketones is 2. The highest BCUT2D eigenvalue weighted by molar-refractivity contribution is 6.05. The number of aromatic amines is 2. The van der Waals surface area contributed by atoms with Gasteiger partial charge in [-0.1, -0.05) is 58.0 Å². The molecule has 0 bridgehead atoms. The maximum absolute atomic E-state index is 14.5. The normalized spacial score (nSPS) is 28.5. The number of fused-ring (bicyclic) bond motifs is 4. The van der Waals surface area contributed by atoms with E-state index in [1.165, 1.54) is 7.11 Å². The molecule has 10 heteroatoms. The highest BCUT2D eigenvalue weighted by Gasteiger charge is 2.56. The van der Waals surface area contributed by atoms with Crippen LogP contribution in [-0.2, 0) is 25.2 Å². The minimum atomic E-state index is -0.915. The van der Waals surface area contributed by atoms with Crippen LogP contribution < -0.4 is 10.2 Å². The molecule has 1 aromatic carbocycles. The fourth-order valence-electron chi connectivity index (χ4n) is 10.2. The summed E-state index contributed by atoms with van der Waals surface area (Å²) in [4.78, 5) is 44.2. The van der Waals surface area contributed by atoms with E-state index < -0.39 is 16.8 Å². The molecule has 0 amide bonds. The van der Waals surface area contributed by atoms with E-state index in [4.69, 9.17) is 9.84 Å². The molecule has 1 saturated carbocycles. The van der Waals surface area contributed by atoms with E-state index in [0.717, 1.165) is 77.3 Å². The molecule has 10 nitrogen and oxygen atoms in total. The van der Waals surface area contributed by atoms with E-state index in [1.54, 1.807) is 0 Å². The zero-order valence-electron chi connectivity index (χ0n) is 29.6. The molecule has 3 N–H and O–H groups in total. The Balaban J connectivity index is 1.28. The molecule has 2 aliphatic heterocycles. The number of hydrogen-bond acceptors (Lipinski definition) is 8. The molecule has 0 radical (unpaired) electrons.